The predicted octanol–water partition coefficient (Wildman–Crippen LogP) is 4.94. The summed E-state index contributed by atoms with van der Waals surface area (Å²) in [5.41, 5.74) is 4.53. The Morgan fingerprint density at radius 1 is 1.06 bits per heavy atom. The van der Waals surface area contributed by atoms with Crippen LogP contribution in [-0.4, -0.2) is 49.7 Å². The van der Waals surface area contributed by atoms with Crippen LogP contribution < -0.4 is 9.64 Å². The van der Waals surface area contributed by atoms with Crippen molar-refractivity contribution in [3.05, 3.63) is 60.0 Å². The van der Waals surface area contributed by atoms with Crippen LogP contribution in [0.25, 0.3) is 21.9 Å². The number of furan rings is 1. The van der Waals surface area contributed by atoms with Crippen LogP contribution in [-0.2, 0) is 6.42 Å². The molecule has 5 rings (SSSR count). The van der Waals surface area contributed by atoms with Crippen LogP contribution in [0.4, 0.5) is 5.69 Å². The van der Waals surface area contributed by atoms with E-state index in [1.165, 1.54) is 35.0 Å². The number of aryl methyl sites for hydroxylation is 1. The molecule has 2 aromatic carbocycles. The molecule has 6 heteroatoms. The van der Waals surface area contributed by atoms with Crippen molar-refractivity contribution in [1.29, 1.82) is 5.26 Å². The Hall–Kier alpha value is -3.43. The normalized spacial score (nSPS) is 14.8. The number of anilines is 1. The molecule has 1 saturated heterocycles. The fraction of sp³-hybridized carbons (Fsp3) is 0.346. The first kappa shape index (κ1) is 20.5. The summed E-state index contributed by atoms with van der Waals surface area (Å²) in [5.74, 6) is 1.28. The lowest BCUT2D eigenvalue weighted by Gasteiger charge is -2.36. The highest BCUT2D eigenvalue weighted by atomic mass is 16.5. The van der Waals surface area contributed by atoms with Crippen LogP contribution in [0.2, 0.25) is 0 Å². The Kier molecular flexibility index (Phi) is 5.74. The maximum atomic E-state index is 9.03. The minimum Gasteiger partial charge on any atom is -0.497 e. The molecule has 1 aliphatic rings. The zero-order valence-electron chi connectivity index (χ0n) is 18.4. The second-order valence-corrected chi connectivity index (χ2v) is 8.46. The van der Waals surface area contributed by atoms with Gasteiger partial charge in [0.05, 0.1) is 7.11 Å². The Bertz CT molecular complexity index is 1260. The first-order valence-corrected chi connectivity index (χ1v) is 11.3. The molecular weight excluding hydrogens is 400 g/mol. The number of unbranched alkanes of at least 4 members (excludes halogenated alkanes) is 1. The molecule has 4 aromatic rings. The highest BCUT2D eigenvalue weighted by molar-refractivity contribution is 5.84. The van der Waals surface area contributed by atoms with Crippen LogP contribution in [0.1, 0.15) is 24.2 Å². The van der Waals surface area contributed by atoms with Gasteiger partial charge in [-0.15, -0.1) is 0 Å². The van der Waals surface area contributed by atoms with Crippen molar-refractivity contribution in [2.75, 3.05) is 44.7 Å². The molecule has 0 unspecified atom stereocenters. The van der Waals surface area contributed by atoms with Gasteiger partial charge in [-0.3, -0.25) is 4.90 Å². The third kappa shape index (κ3) is 4.17. The van der Waals surface area contributed by atoms with Crippen molar-refractivity contribution in [3.63, 3.8) is 0 Å². The number of H-pyrrole nitrogens is 1. The van der Waals surface area contributed by atoms with Gasteiger partial charge in [0, 0.05) is 60.4 Å². The molecule has 32 heavy (non-hydrogen) atoms. The van der Waals surface area contributed by atoms with Crippen LogP contribution in [0.5, 0.6) is 5.75 Å². The minimum atomic E-state index is 0.369. The van der Waals surface area contributed by atoms with Gasteiger partial charge in [-0.05, 0) is 67.8 Å². The van der Waals surface area contributed by atoms with Crippen molar-refractivity contribution in [2.24, 2.45) is 0 Å². The Balaban J connectivity index is 1.10. The summed E-state index contributed by atoms with van der Waals surface area (Å²) in [6.45, 7) is 5.35. The van der Waals surface area contributed by atoms with E-state index in [9.17, 15) is 0 Å². The molecular formula is C26H28N4O2. The summed E-state index contributed by atoms with van der Waals surface area (Å²) in [6, 6.07) is 16.3. The summed E-state index contributed by atoms with van der Waals surface area (Å²) in [6.07, 6.45) is 5.61. The largest absolute Gasteiger partial charge is 0.497 e. The molecule has 2 aromatic heterocycles. The van der Waals surface area contributed by atoms with Crippen molar-refractivity contribution in [1.82, 2.24) is 9.88 Å². The molecule has 1 fully saturated rings. The number of aromatic nitrogens is 1. The van der Waals surface area contributed by atoms with Crippen LogP contribution in [0.3, 0.4) is 0 Å². The summed E-state index contributed by atoms with van der Waals surface area (Å²) >= 11 is 0. The van der Waals surface area contributed by atoms with E-state index in [4.69, 9.17) is 14.4 Å². The highest BCUT2D eigenvalue weighted by Crippen LogP contribution is 2.27. The molecule has 164 valence electrons. The monoisotopic (exact) mass is 428 g/mol. The molecule has 3 heterocycles. The van der Waals surface area contributed by atoms with Gasteiger partial charge in [-0.25, -0.2) is 0 Å². The molecule has 1 aliphatic heterocycles. The second-order valence-electron chi connectivity index (χ2n) is 8.46. The lowest BCUT2D eigenvalue weighted by atomic mass is 10.1. The summed E-state index contributed by atoms with van der Waals surface area (Å²) in [5, 5.41) is 11.3. The topological polar surface area (TPSA) is 68.4 Å². The van der Waals surface area contributed by atoms with E-state index in [1.54, 1.807) is 7.11 Å². The summed E-state index contributed by atoms with van der Waals surface area (Å²) < 4.78 is 10.9. The van der Waals surface area contributed by atoms with Crippen LogP contribution >= 0.6 is 0 Å². The SMILES string of the molecule is COc1ccc2[nH]cc(CCCCN3CCN(c4ccc5oc(C#N)cc5c4)CC3)c2c1. The fourth-order valence-electron chi connectivity index (χ4n) is 4.65. The Morgan fingerprint density at radius 3 is 2.75 bits per heavy atom. The maximum absolute atomic E-state index is 9.03. The minimum absolute atomic E-state index is 0.369. The number of ether oxygens (including phenoxy) is 1. The van der Waals surface area contributed by atoms with Gasteiger partial charge in [0.15, 0.2) is 0 Å². The molecule has 0 spiro atoms. The predicted molar refractivity (Wildman–Crippen MR) is 127 cm³/mol. The van der Waals surface area contributed by atoms with E-state index in [2.05, 4.69) is 51.3 Å². The van der Waals surface area contributed by atoms with Gasteiger partial charge in [-0.2, -0.15) is 5.26 Å². The standard InChI is InChI=1S/C26H28N4O2/c1-31-22-6-7-25-24(16-22)19(18-28-25)4-2-3-9-29-10-12-30(13-11-29)21-5-8-26-20(14-21)15-23(17-27)32-26/h5-8,14-16,18,28H,2-4,9-13H2,1H3. The number of hydrogen-bond acceptors (Lipinski definition) is 5. The molecule has 6 nitrogen and oxygen atoms in total. The number of nitrogens with one attached hydrogen (secondary N) is 1. The average molecular weight is 429 g/mol. The first-order valence-electron chi connectivity index (χ1n) is 11.3. The summed E-state index contributed by atoms with van der Waals surface area (Å²) in [7, 11) is 1.72. The number of methoxy groups -OCH3 is 1. The number of fused-ring (bicyclic) bond motifs is 2. The van der Waals surface area contributed by atoms with Gasteiger partial charge in [0.1, 0.15) is 17.4 Å². The molecule has 0 radical (unpaired) electrons. The van der Waals surface area contributed by atoms with E-state index >= 15 is 0 Å². The van der Waals surface area contributed by atoms with Crippen molar-refractivity contribution in [3.8, 4) is 11.8 Å². The molecule has 0 bridgehead atoms. The molecule has 0 aliphatic carbocycles. The molecule has 0 amide bonds. The number of rotatable bonds is 7. The highest BCUT2D eigenvalue weighted by Gasteiger charge is 2.17. The van der Waals surface area contributed by atoms with Gasteiger partial charge >= 0.3 is 0 Å². The quantitative estimate of drug-likeness (QED) is 0.422. The number of piperazine rings is 1. The lowest BCUT2D eigenvalue weighted by Crippen LogP contribution is -2.46. The van der Waals surface area contributed by atoms with E-state index in [-0.39, 0.29) is 0 Å². The van der Waals surface area contributed by atoms with E-state index < -0.39 is 0 Å². The molecule has 1 N–H and O–H groups in total. The number of hydrogen-bond donors (Lipinski definition) is 1. The van der Waals surface area contributed by atoms with Gasteiger partial charge in [0.2, 0.25) is 5.76 Å². The zero-order chi connectivity index (χ0) is 21.9. The van der Waals surface area contributed by atoms with E-state index in [0.717, 1.165) is 55.9 Å². The van der Waals surface area contributed by atoms with E-state index in [0.29, 0.717) is 5.76 Å². The van der Waals surface area contributed by atoms with Gasteiger partial charge in [0.25, 0.3) is 0 Å². The van der Waals surface area contributed by atoms with Crippen LogP contribution in [0.15, 0.2) is 53.1 Å². The third-order valence-corrected chi connectivity index (χ3v) is 6.49. The number of aromatic amines is 1. The zero-order valence-corrected chi connectivity index (χ0v) is 18.4. The maximum Gasteiger partial charge on any atom is 0.204 e. The van der Waals surface area contributed by atoms with Crippen molar-refractivity contribution >= 4 is 27.6 Å². The van der Waals surface area contributed by atoms with Gasteiger partial charge < -0.3 is 19.0 Å². The second kappa shape index (κ2) is 8.97. The lowest BCUT2D eigenvalue weighted by molar-refractivity contribution is 0.253. The fourth-order valence-corrected chi connectivity index (χ4v) is 4.65. The third-order valence-electron chi connectivity index (χ3n) is 6.49. The van der Waals surface area contributed by atoms with Crippen LogP contribution in [0, 0.1) is 11.3 Å². The molecule has 0 atom stereocenters. The number of nitriles is 1. The Labute approximate surface area is 188 Å². The number of benzene rings is 2. The van der Waals surface area contributed by atoms with E-state index in [1.807, 2.05) is 18.2 Å². The number of nitrogens with zero attached hydrogens (tertiary/aromatic N) is 3. The molecule has 0 saturated carbocycles. The Morgan fingerprint density at radius 2 is 1.94 bits per heavy atom. The van der Waals surface area contributed by atoms with Crippen molar-refractivity contribution < 1.29 is 9.15 Å². The summed E-state index contributed by atoms with van der Waals surface area (Å²) in [4.78, 5) is 8.37. The average Bonchev–Trinajstić information content (AvgIpc) is 3.45. The first-order chi connectivity index (χ1) is 15.7. The smallest absolute Gasteiger partial charge is 0.204 e. The van der Waals surface area contributed by atoms with Gasteiger partial charge in [-0.1, -0.05) is 0 Å². The van der Waals surface area contributed by atoms with Crippen molar-refractivity contribution in [2.45, 2.75) is 19.3 Å².